The van der Waals surface area contributed by atoms with Gasteiger partial charge in [-0.3, -0.25) is 0 Å². The highest BCUT2D eigenvalue weighted by Crippen LogP contribution is 2.08. The molecule has 1 saturated heterocycles. The fraction of sp³-hybridized carbons (Fsp3) is 1.00. The van der Waals surface area contributed by atoms with Crippen molar-refractivity contribution in [2.24, 2.45) is 0 Å². The summed E-state index contributed by atoms with van der Waals surface area (Å²) >= 11 is 0. The Labute approximate surface area is 51.4 Å². The molecule has 3 N–H and O–H groups in total. The standard InChI is InChI=1S/C4H8O5/c5-2-1-8-9-4(7)3(2)6/h2-7H,1H2. The van der Waals surface area contributed by atoms with E-state index in [0.29, 0.717) is 0 Å². The molecule has 0 saturated carbocycles. The summed E-state index contributed by atoms with van der Waals surface area (Å²) in [6, 6.07) is 0. The Balaban J connectivity index is 2.41. The van der Waals surface area contributed by atoms with Gasteiger partial charge in [-0.05, 0) is 0 Å². The normalized spacial score (nSPS) is 45.0. The Morgan fingerprint density at radius 1 is 1.22 bits per heavy atom. The molecule has 1 aliphatic heterocycles. The van der Waals surface area contributed by atoms with Gasteiger partial charge < -0.3 is 15.3 Å². The van der Waals surface area contributed by atoms with Crippen molar-refractivity contribution in [3.63, 3.8) is 0 Å². The minimum Gasteiger partial charge on any atom is -0.388 e. The summed E-state index contributed by atoms with van der Waals surface area (Å²) in [5.74, 6) is 0. The van der Waals surface area contributed by atoms with Crippen LogP contribution in [0, 0.1) is 0 Å². The number of hydrogen-bond acceptors (Lipinski definition) is 5. The molecule has 1 fully saturated rings. The van der Waals surface area contributed by atoms with Gasteiger partial charge in [0, 0.05) is 0 Å². The molecular formula is C4H8O5. The third-order valence-electron chi connectivity index (χ3n) is 1.09. The zero-order valence-corrected chi connectivity index (χ0v) is 4.60. The largest absolute Gasteiger partial charge is 0.388 e. The van der Waals surface area contributed by atoms with Gasteiger partial charge >= 0.3 is 0 Å². The van der Waals surface area contributed by atoms with Crippen molar-refractivity contribution < 1.29 is 25.1 Å². The summed E-state index contributed by atoms with van der Waals surface area (Å²) in [5.41, 5.74) is 0. The molecule has 1 aliphatic rings. The molecule has 0 aromatic rings. The summed E-state index contributed by atoms with van der Waals surface area (Å²) in [7, 11) is 0. The molecule has 0 radical (unpaired) electrons. The van der Waals surface area contributed by atoms with Crippen LogP contribution >= 0.6 is 0 Å². The van der Waals surface area contributed by atoms with Crippen molar-refractivity contribution in [2.75, 3.05) is 6.61 Å². The summed E-state index contributed by atoms with van der Waals surface area (Å²) in [5, 5.41) is 26.1. The Kier molecular flexibility index (Phi) is 1.99. The summed E-state index contributed by atoms with van der Waals surface area (Å²) < 4.78 is 0. The average Bonchev–Trinajstić information content (AvgIpc) is 1.83. The molecule has 3 atom stereocenters. The minimum atomic E-state index is -1.44. The first kappa shape index (κ1) is 6.91. The first-order valence-electron chi connectivity index (χ1n) is 2.54. The van der Waals surface area contributed by atoms with Crippen molar-refractivity contribution in [2.45, 2.75) is 18.5 Å². The van der Waals surface area contributed by atoms with Gasteiger partial charge in [-0.15, -0.1) is 0 Å². The Hall–Kier alpha value is -0.200. The van der Waals surface area contributed by atoms with Crippen molar-refractivity contribution in [3.05, 3.63) is 0 Å². The maximum absolute atomic E-state index is 8.74. The quantitative estimate of drug-likeness (QED) is 0.335. The van der Waals surface area contributed by atoms with Gasteiger partial charge in [0.15, 0.2) is 0 Å². The molecule has 0 bridgehead atoms. The summed E-state index contributed by atoms with van der Waals surface area (Å²) in [6.07, 6.45) is -3.76. The molecule has 0 aromatic carbocycles. The SMILES string of the molecule is OC1COOC(O)C1O. The zero-order valence-electron chi connectivity index (χ0n) is 4.60. The van der Waals surface area contributed by atoms with Crippen molar-refractivity contribution in [1.82, 2.24) is 0 Å². The molecule has 5 heteroatoms. The Morgan fingerprint density at radius 2 is 1.89 bits per heavy atom. The van der Waals surface area contributed by atoms with Crippen LogP contribution in [0.5, 0.6) is 0 Å². The molecule has 0 aromatic heterocycles. The topological polar surface area (TPSA) is 79.2 Å². The lowest BCUT2D eigenvalue weighted by atomic mass is 10.2. The van der Waals surface area contributed by atoms with Crippen molar-refractivity contribution in [3.8, 4) is 0 Å². The van der Waals surface area contributed by atoms with E-state index in [2.05, 4.69) is 9.78 Å². The molecule has 0 aliphatic carbocycles. The van der Waals surface area contributed by atoms with Crippen molar-refractivity contribution in [1.29, 1.82) is 0 Å². The fourth-order valence-corrected chi connectivity index (χ4v) is 0.524. The van der Waals surface area contributed by atoms with Gasteiger partial charge in [-0.25, -0.2) is 9.78 Å². The Morgan fingerprint density at radius 3 is 2.33 bits per heavy atom. The van der Waals surface area contributed by atoms with Crippen LogP contribution in [0.3, 0.4) is 0 Å². The van der Waals surface area contributed by atoms with Crippen LogP contribution in [0.15, 0.2) is 0 Å². The number of hydrogen-bond donors (Lipinski definition) is 3. The number of aliphatic hydroxyl groups is 3. The lowest BCUT2D eigenvalue weighted by Gasteiger charge is -2.26. The summed E-state index contributed by atoms with van der Waals surface area (Å²) in [6.45, 7) is -0.113. The molecule has 1 rings (SSSR count). The predicted octanol–water partition coefficient (Wildman–Crippen LogP) is -2.01. The van der Waals surface area contributed by atoms with E-state index in [9.17, 15) is 0 Å². The van der Waals surface area contributed by atoms with Crippen LogP contribution in [-0.4, -0.2) is 40.4 Å². The second kappa shape index (κ2) is 2.59. The van der Waals surface area contributed by atoms with Crippen LogP contribution < -0.4 is 0 Å². The first-order valence-corrected chi connectivity index (χ1v) is 2.54. The Bertz CT molecular complexity index is 85.0. The molecule has 0 spiro atoms. The molecule has 5 nitrogen and oxygen atoms in total. The van der Waals surface area contributed by atoms with E-state index in [1.54, 1.807) is 0 Å². The minimum absolute atomic E-state index is 0.113. The molecule has 9 heavy (non-hydrogen) atoms. The number of aliphatic hydroxyl groups excluding tert-OH is 3. The predicted molar refractivity (Wildman–Crippen MR) is 25.1 cm³/mol. The molecule has 3 unspecified atom stereocenters. The molecule has 0 amide bonds. The summed E-state index contributed by atoms with van der Waals surface area (Å²) in [4.78, 5) is 8.31. The smallest absolute Gasteiger partial charge is 0.217 e. The van der Waals surface area contributed by atoms with E-state index in [4.69, 9.17) is 15.3 Å². The van der Waals surface area contributed by atoms with Crippen LogP contribution in [0.1, 0.15) is 0 Å². The van der Waals surface area contributed by atoms with E-state index in [1.807, 2.05) is 0 Å². The van der Waals surface area contributed by atoms with E-state index < -0.39 is 18.5 Å². The second-order valence-electron chi connectivity index (χ2n) is 1.83. The van der Waals surface area contributed by atoms with Crippen LogP contribution in [0.25, 0.3) is 0 Å². The third kappa shape index (κ3) is 1.38. The lowest BCUT2D eigenvalue weighted by molar-refractivity contribution is -0.426. The van der Waals surface area contributed by atoms with Crippen LogP contribution in [-0.2, 0) is 9.78 Å². The monoisotopic (exact) mass is 136 g/mol. The molecule has 54 valence electrons. The van der Waals surface area contributed by atoms with E-state index in [-0.39, 0.29) is 6.61 Å². The van der Waals surface area contributed by atoms with E-state index in [0.717, 1.165) is 0 Å². The average molecular weight is 136 g/mol. The van der Waals surface area contributed by atoms with Gasteiger partial charge in [-0.2, -0.15) is 0 Å². The maximum atomic E-state index is 8.74. The van der Waals surface area contributed by atoms with Gasteiger partial charge in [-0.1, -0.05) is 0 Å². The van der Waals surface area contributed by atoms with Gasteiger partial charge in [0.2, 0.25) is 6.29 Å². The second-order valence-corrected chi connectivity index (χ2v) is 1.83. The molecule has 1 heterocycles. The highest BCUT2D eigenvalue weighted by Gasteiger charge is 2.31. The highest BCUT2D eigenvalue weighted by molar-refractivity contribution is 4.69. The van der Waals surface area contributed by atoms with Crippen LogP contribution in [0.2, 0.25) is 0 Å². The maximum Gasteiger partial charge on any atom is 0.217 e. The fourth-order valence-electron chi connectivity index (χ4n) is 0.524. The van der Waals surface area contributed by atoms with E-state index >= 15 is 0 Å². The number of rotatable bonds is 0. The first-order chi connectivity index (χ1) is 4.22. The molecular weight excluding hydrogens is 128 g/mol. The van der Waals surface area contributed by atoms with E-state index in [1.165, 1.54) is 0 Å². The van der Waals surface area contributed by atoms with Gasteiger partial charge in [0.1, 0.15) is 18.8 Å². The van der Waals surface area contributed by atoms with Crippen LogP contribution in [0.4, 0.5) is 0 Å². The van der Waals surface area contributed by atoms with Crippen molar-refractivity contribution >= 4 is 0 Å². The zero-order chi connectivity index (χ0) is 6.85. The third-order valence-corrected chi connectivity index (χ3v) is 1.09. The van der Waals surface area contributed by atoms with Gasteiger partial charge in [0.05, 0.1) is 0 Å². The highest BCUT2D eigenvalue weighted by atomic mass is 17.2. The van der Waals surface area contributed by atoms with Gasteiger partial charge in [0.25, 0.3) is 0 Å². The lowest BCUT2D eigenvalue weighted by Crippen LogP contribution is -2.46.